The molecule has 0 rings (SSSR count). The summed E-state index contributed by atoms with van der Waals surface area (Å²) in [6.07, 6.45) is 0.105. The third-order valence-corrected chi connectivity index (χ3v) is 0.969. The van der Waals surface area contributed by atoms with Crippen molar-refractivity contribution >= 4 is 29.8 Å². The Kier molecular flexibility index (Phi) is 40.2. The van der Waals surface area contributed by atoms with Crippen LogP contribution in [0.2, 0.25) is 0 Å². The molecule has 0 fully saturated rings. The van der Waals surface area contributed by atoms with Crippen LogP contribution in [0.15, 0.2) is 0 Å². The average Bonchev–Trinajstić information content (AvgIpc) is 2.37. The van der Waals surface area contributed by atoms with Gasteiger partial charge in [-0.25, -0.2) is 0 Å². The van der Waals surface area contributed by atoms with Crippen LogP contribution in [0.4, 0.5) is 0 Å². The standard InChI is InChI=1S/C5H10O3.C4H8O2.3C2H4O2/c1-2-8-5(7)3-4-6;1-3-6-4(2)5;3*1-2(3)4/h6H,2-4H2,1H3;3H2,1-2H3;3*1H3,(H,3,4). The van der Waals surface area contributed by atoms with Crippen LogP contribution in [0.25, 0.3) is 0 Å². The van der Waals surface area contributed by atoms with E-state index in [9.17, 15) is 9.59 Å². The zero-order valence-electron chi connectivity index (χ0n) is 16.0. The van der Waals surface area contributed by atoms with E-state index in [1.165, 1.54) is 6.92 Å². The highest BCUT2D eigenvalue weighted by Gasteiger charge is 1.96. The molecule has 0 aliphatic carbocycles. The lowest BCUT2D eigenvalue weighted by atomic mass is 10.5. The minimum atomic E-state index is -0.833. The van der Waals surface area contributed by atoms with E-state index in [1.54, 1.807) is 13.8 Å². The van der Waals surface area contributed by atoms with Crippen molar-refractivity contribution in [2.75, 3.05) is 19.8 Å². The highest BCUT2D eigenvalue weighted by Crippen LogP contribution is 1.82. The lowest BCUT2D eigenvalue weighted by Crippen LogP contribution is -2.05. The Morgan fingerprint density at radius 1 is 0.692 bits per heavy atom. The number of esters is 2. The quantitative estimate of drug-likeness (QED) is 0.500. The number of carboxylic acid groups (broad SMARTS) is 3. The maximum absolute atomic E-state index is 10.3. The smallest absolute Gasteiger partial charge is 0.308 e. The van der Waals surface area contributed by atoms with Gasteiger partial charge in [0.25, 0.3) is 17.9 Å². The fourth-order valence-corrected chi connectivity index (χ4v) is 0.528. The summed E-state index contributed by atoms with van der Waals surface area (Å²) in [5.41, 5.74) is 0. The maximum Gasteiger partial charge on any atom is 0.308 e. The summed E-state index contributed by atoms with van der Waals surface area (Å²) in [4.78, 5) is 47.1. The Labute approximate surface area is 152 Å². The van der Waals surface area contributed by atoms with Gasteiger partial charge in [-0.1, -0.05) is 0 Å². The third kappa shape index (κ3) is 221. The van der Waals surface area contributed by atoms with Crippen LogP contribution in [0.1, 0.15) is 48.0 Å². The predicted molar refractivity (Wildman–Crippen MR) is 90.6 cm³/mol. The molecule has 0 aromatic rings. The number of aliphatic hydroxyl groups is 1. The second-order valence-corrected chi connectivity index (χ2v) is 3.76. The first-order chi connectivity index (χ1) is 11.8. The fourth-order valence-electron chi connectivity index (χ4n) is 0.528. The predicted octanol–water partition coefficient (Wildman–Crippen LogP) is 0.774. The fraction of sp³-hybridized carbons (Fsp3) is 0.667. The molecule has 0 atom stereocenters. The van der Waals surface area contributed by atoms with Crippen LogP contribution in [-0.2, 0) is 33.4 Å². The molecule has 0 bridgehead atoms. The Hall–Kier alpha value is -2.69. The summed E-state index contributed by atoms with van der Waals surface area (Å²) in [5.74, 6) is -3.05. The maximum atomic E-state index is 10.3. The number of carboxylic acids is 3. The molecule has 0 aromatic heterocycles. The highest BCUT2D eigenvalue weighted by atomic mass is 16.5. The van der Waals surface area contributed by atoms with Gasteiger partial charge >= 0.3 is 11.9 Å². The van der Waals surface area contributed by atoms with Crippen LogP contribution < -0.4 is 0 Å². The summed E-state index contributed by atoms with van der Waals surface area (Å²) in [6.45, 7) is 8.90. The van der Waals surface area contributed by atoms with Crippen molar-refractivity contribution in [3.8, 4) is 0 Å². The van der Waals surface area contributed by atoms with Gasteiger partial charge in [-0.2, -0.15) is 0 Å². The van der Waals surface area contributed by atoms with Gasteiger partial charge in [0.05, 0.1) is 26.2 Å². The van der Waals surface area contributed by atoms with Gasteiger partial charge in [0.1, 0.15) is 0 Å². The van der Waals surface area contributed by atoms with E-state index in [4.69, 9.17) is 34.8 Å². The van der Waals surface area contributed by atoms with Crippen LogP contribution in [0.3, 0.4) is 0 Å². The second-order valence-electron chi connectivity index (χ2n) is 3.76. The van der Waals surface area contributed by atoms with E-state index in [-0.39, 0.29) is 25.0 Å². The SMILES string of the molecule is CC(=O)O.CC(=O)O.CC(=O)O.CCOC(=O)CCO.CCOC(C)=O. The number of ether oxygens (including phenoxy) is 2. The summed E-state index contributed by atoms with van der Waals surface area (Å²) >= 11 is 0. The lowest BCUT2D eigenvalue weighted by Gasteiger charge is -1.96. The van der Waals surface area contributed by atoms with Crippen molar-refractivity contribution in [3.05, 3.63) is 0 Å². The van der Waals surface area contributed by atoms with Gasteiger partial charge in [-0.15, -0.1) is 0 Å². The summed E-state index contributed by atoms with van der Waals surface area (Å²) in [7, 11) is 0. The van der Waals surface area contributed by atoms with Crippen molar-refractivity contribution in [3.63, 3.8) is 0 Å². The molecule has 156 valence electrons. The van der Waals surface area contributed by atoms with E-state index < -0.39 is 17.9 Å². The molecule has 0 amide bonds. The van der Waals surface area contributed by atoms with Crippen LogP contribution in [0, 0.1) is 0 Å². The van der Waals surface area contributed by atoms with E-state index in [0.29, 0.717) is 13.2 Å². The highest BCUT2D eigenvalue weighted by molar-refractivity contribution is 5.69. The number of aliphatic carboxylic acids is 3. The van der Waals surface area contributed by atoms with Gasteiger partial charge in [0, 0.05) is 27.7 Å². The molecule has 0 radical (unpaired) electrons. The van der Waals surface area contributed by atoms with Gasteiger partial charge in [0.15, 0.2) is 0 Å². The summed E-state index contributed by atoms with van der Waals surface area (Å²) in [5, 5.41) is 30.4. The molecule has 11 heteroatoms. The molecular formula is C15H30O11. The molecule has 0 heterocycles. The van der Waals surface area contributed by atoms with E-state index in [0.717, 1.165) is 20.8 Å². The number of rotatable bonds is 4. The number of carbonyl (C=O) groups is 5. The number of hydrogen-bond acceptors (Lipinski definition) is 8. The van der Waals surface area contributed by atoms with Gasteiger partial charge in [-0.3, -0.25) is 24.0 Å². The first-order valence-corrected chi connectivity index (χ1v) is 7.26. The molecule has 0 aromatic carbocycles. The van der Waals surface area contributed by atoms with Gasteiger partial charge in [0.2, 0.25) is 0 Å². The minimum Gasteiger partial charge on any atom is -0.481 e. The average molecular weight is 386 g/mol. The van der Waals surface area contributed by atoms with Gasteiger partial charge < -0.3 is 29.9 Å². The largest absolute Gasteiger partial charge is 0.481 e. The molecular weight excluding hydrogens is 356 g/mol. The third-order valence-electron chi connectivity index (χ3n) is 0.969. The molecule has 0 aliphatic heterocycles. The molecule has 26 heavy (non-hydrogen) atoms. The van der Waals surface area contributed by atoms with E-state index in [1.807, 2.05) is 0 Å². The molecule has 0 saturated carbocycles. The van der Waals surface area contributed by atoms with E-state index >= 15 is 0 Å². The molecule has 0 spiro atoms. The van der Waals surface area contributed by atoms with E-state index in [2.05, 4.69) is 9.47 Å². The molecule has 4 N–H and O–H groups in total. The number of hydrogen-bond donors (Lipinski definition) is 4. The van der Waals surface area contributed by atoms with Gasteiger partial charge in [-0.05, 0) is 13.8 Å². The van der Waals surface area contributed by atoms with Crippen LogP contribution in [-0.4, -0.2) is 70.1 Å². The molecule has 0 aliphatic rings. The lowest BCUT2D eigenvalue weighted by molar-refractivity contribution is -0.144. The number of carbonyl (C=O) groups excluding carboxylic acids is 2. The Morgan fingerprint density at radius 2 is 0.962 bits per heavy atom. The van der Waals surface area contributed by atoms with Crippen LogP contribution in [0.5, 0.6) is 0 Å². The zero-order chi connectivity index (χ0) is 22.1. The summed E-state index contributed by atoms with van der Waals surface area (Å²) < 4.78 is 8.89. The summed E-state index contributed by atoms with van der Waals surface area (Å²) in [6, 6.07) is 0. The normalized spacial score (nSPS) is 7.35. The molecule has 0 unspecified atom stereocenters. The van der Waals surface area contributed by atoms with Crippen molar-refractivity contribution < 1.29 is 53.9 Å². The van der Waals surface area contributed by atoms with Crippen molar-refractivity contribution in [1.29, 1.82) is 0 Å². The second kappa shape index (κ2) is 30.2. The monoisotopic (exact) mass is 386 g/mol. The Balaban J connectivity index is -0.0000000734. The first-order valence-electron chi connectivity index (χ1n) is 7.26. The van der Waals surface area contributed by atoms with Crippen molar-refractivity contribution in [2.24, 2.45) is 0 Å². The topological polar surface area (TPSA) is 185 Å². The minimum absolute atomic E-state index is 0.105. The number of aliphatic hydroxyl groups excluding tert-OH is 1. The zero-order valence-corrected chi connectivity index (χ0v) is 16.0. The Morgan fingerprint density at radius 3 is 1.08 bits per heavy atom. The molecule has 11 nitrogen and oxygen atoms in total. The molecule has 0 saturated heterocycles. The van der Waals surface area contributed by atoms with Crippen LogP contribution >= 0.6 is 0 Å². The van der Waals surface area contributed by atoms with Crippen molar-refractivity contribution in [2.45, 2.75) is 48.0 Å². The Bertz CT molecular complexity index is 329. The first kappa shape index (κ1) is 34.6. The van der Waals surface area contributed by atoms with Crippen molar-refractivity contribution in [1.82, 2.24) is 0 Å².